The largest absolute Gasteiger partial charge is 0.507 e. The van der Waals surface area contributed by atoms with Crippen molar-refractivity contribution < 1.29 is 19.4 Å². The molecule has 1 atom stereocenters. The fraction of sp³-hybridized carbons (Fsp3) is 0.448. The number of hydrogen-bond acceptors (Lipinski definition) is 5. The number of likely N-dealkylation sites (N-methyl/N-ethyl adjacent to an activating group) is 1. The molecule has 6 heteroatoms. The van der Waals surface area contributed by atoms with Crippen LogP contribution in [0.3, 0.4) is 0 Å². The van der Waals surface area contributed by atoms with E-state index in [-0.39, 0.29) is 17.3 Å². The summed E-state index contributed by atoms with van der Waals surface area (Å²) in [5.41, 5.74) is 3.56. The van der Waals surface area contributed by atoms with Crippen molar-refractivity contribution >= 4 is 17.4 Å². The molecule has 1 aliphatic rings. The van der Waals surface area contributed by atoms with E-state index < -0.39 is 17.7 Å². The van der Waals surface area contributed by atoms with Crippen molar-refractivity contribution in [3.8, 4) is 5.75 Å². The standard InChI is InChI=1S/C29H38N2O4/c1-8-35-24-14-13-22(17-23(24)19(4)5)27(32)25-26(21-11-9-20(10-12-21)18(2)3)31(16-15-30(6)7)29(34)28(25)33/h9-14,17-19,26,32H,8,15-16H2,1-7H3/b27-25-. The number of carbonyl (C=O) groups excluding carboxylic acids is 2. The summed E-state index contributed by atoms with van der Waals surface area (Å²) >= 11 is 0. The van der Waals surface area contributed by atoms with E-state index in [0.29, 0.717) is 31.2 Å². The number of nitrogens with zero attached hydrogens (tertiary/aromatic N) is 2. The quantitative estimate of drug-likeness (QED) is 0.300. The smallest absolute Gasteiger partial charge is 0.295 e. The minimum Gasteiger partial charge on any atom is -0.507 e. The van der Waals surface area contributed by atoms with Gasteiger partial charge in [0.15, 0.2) is 0 Å². The second-order valence-corrected chi connectivity index (χ2v) is 9.96. The Kier molecular flexibility index (Phi) is 8.39. The average Bonchev–Trinajstić information content (AvgIpc) is 3.07. The molecule has 0 aliphatic carbocycles. The van der Waals surface area contributed by atoms with Gasteiger partial charge in [0.05, 0.1) is 18.2 Å². The summed E-state index contributed by atoms with van der Waals surface area (Å²) in [5, 5.41) is 11.4. The number of likely N-dealkylation sites (tertiary alicyclic amines) is 1. The number of aliphatic hydroxyl groups excluding tert-OH is 1. The lowest BCUT2D eigenvalue weighted by atomic mass is 9.92. The Balaban J connectivity index is 2.16. The third-order valence-electron chi connectivity index (χ3n) is 6.45. The van der Waals surface area contributed by atoms with Crippen molar-refractivity contribution in [2.45, 2.75) is 52.5 Å². The molecule has 3 rings (SSSR count). The number of benzene rings is 2. The molecule has 2 aromatic rings. The van der Waals surface area contributed by atoms with Gasteiger partial charge in [0.1, 0.15) is 11.5 Å². The van der Waals surface area contributed by atoms with E-state index in [4.69, 9.17) is 4.74 Å². The highest BCUT2D eigenvalue weighted by Gasteiger charge is 2.46. The number of Topliss-reactive ketones (excluding diaryl/α,β-unsaturated/α-hetero) is 1. The summed E-state index contributed by atoms with van der Waals surface area (Å²) < 4.78 is 5.76. The van der Waals surface area contributed by atoms with Crippen molar-refractivity contribution in [2.24, 2.45) is 0 Å². The first-order valence-electron chi connectivity index (χ1n) is 12.4. The first kappa shape index (κ1) is 26.5. The van der Waals surface area contributed by atoms with Gasteiger partial charge in [-0.25, -0.2) is 0 Å². The van der Waals surface area contributed by atoms with Crippen LogP contribution in [0.25, 0.3) is 5.76 Å². The van der Waals surface area contributed by atoms with Crippen molar-refractivity contribution in [2.75, 3.05) is 33.8 Å². The number of hydrogen-bond donors (Lipinski definition) is 1. The fourth-order valence-electron chi connectivity index (χ4n) is 4.42. The van der Waals surface area contributed by atoms with Gasteiger partial charge in [-0.2, -0.15) is 0 Å². The van der Waals surface area contributed by atoms with Crippen LogP contribution < -0.4 is 4.74 Å². The number of amides is 1. The van der Waals surface area contributed by atoms with Gasteiger partial charge in [0, 0.05) is 18.7 Å². The summed E-state index contributed by atoms with van der Waals surface area (Å²) in [4.78, 5) is 30.0. The molecule has 1 N–H and O–H groups in total. The van der Waals surface area contributed by atoms with Crippen LogP contribution in [0.5, 0.6) is 5.75 Å². The van der Waals surface area contributed by atoms with Gasteiger partial charge in [-0.05, 0) is 67.7 Å². The Hall–Kier alpha value is -3.12. The highest BCUT2D eigenvalue weighted by Crippen LogP contribution is 2.40. The van der Waals surface area contributed by atoms with Crippen LogP contribution in [0.1, 0.15) is 74.8 Å². The van der Waals surface area contributed by atoms with Crippen LogP contribution in [0, 0.1) is 0 Å². The zero-order chi connectivity index (χ0) is 25.9. The summed E-state index contributed by atoms with van der Waals surface area (Å²) in [6, 6.07) is 12.8. The number of rotatable bonds is 9. The van der Waals surface area contributed by atoms with E-state index in [9.17, 15) is 14.7 Å². The van der Waals surface area contributed by atoms with Gasteiger partial charge < -0.3 is 19.6 Å². The zero-order valence-corrected chi connectivity index (χ0v) is 22.0. The molecule has 1 amide bonds. The summed E-state index contributed by atoms with van der Waals surface area (Å²) in [6.07, 6.45) is 0. The minimum atomic E-state index is -0.654. The molecule has 1 aliphatic heterocycles. The summed E-state index contributed by atoms with van der Waals surface area (Å²) in [6.45, 7) is 11.8. The van der Waals surface area contributed by atoms with E-state index in [0.717, 1.165) is 16.9 Å². The van der Waals surface area contributed by atoms with Crippen LogP contribution >= 0.6 is 0 Å². The highest BCUT2D eigenvalue weighted by atomic mass is 16.5. The van der Waals surface area contributed by atoms with Crippen LogP contribution in [0.4, 0.5) is 0 Å². The SMILES string of the molecule is CCOc1ccc(/C(O)=C2/C(=O)C(=O)N(CCN(C)C)C2c2ccc(C(C)C)cc2)cc1C(C)C. The second-order valence-electron chi connectivity index (χ2n) is 9.96. The van der Waals surface area contributed by atoms with Gasteiger partial charge in [0.25, 0.3) is 11.7 Å². The molecule has 6 nitrogen and oxygen atoms in total. The van der Waals surface area contributed by atoms with Gasteiger partial charge in [-0.3, -0.25) is 9.59 Å². The molecule has 35 heavy (non-hydrogen) atoms. The highest BCUT2D eigenvalue weighted by molar-refractivity contribution is 6.46. The van der Waals surface area contributed by atoms with Crippen LogP contribution in [0.2, 0.25) is 0 Å². The Morgan fingerprint density at radius 1 is 1.03 bits per heavy atom. The molecule has 2 aromatic carbocycles. The Morgan fingerprint density at radius 2 is 1.69 bits per heavy atom. The Bertz CT molecular complexity index is 1100. The molecule has 0 bridgehead atoms. The topological polar surface area (TPSA) is 70.1 Å². The van der Waals surface area contributed by atoms with Gasteiger partial charge in [-0.1, -0.05) is 52.0 Å². The monoisotopic (exact) mass is 478 g/mol. The van der Waals surface area contributed by atoms with Crippen molar-refractivity contribution in [3.05, 3.63) is 70.3 Å². The Morgan fingerprint density at radius 3 is 2.23 bits per heavy atom. The van der Waals surface area contributed by atoms with Crippen molar-refractivity contribution in [3.63, 3.8) is 0 Å². The third-order valence-corrected chi connectivity index (χ3v) is 6.45. The minimum absolute atomic E-state index is 0.130. The first-order chi connectivity index (χ1) is 16.6. The lowest BCUT2D eigenvalue weighted by molar-refractivity contribution is -0.140. The molecule has 1 fully saturated rings. The summed E-state index contributed by atoms with van der Waals surface area (Å²) in [5.74, 6) is -0.112. The van der Waals surface area contributed by atoms with Gasteiger partial charge in [-0.15, -0.1) is 0 Å². The van der Waals surface area contributed by atoms with E-state index in [1.807, 2.05) is 62.3 Å². The maximum Gasteiger partial charge on any atom is 0.295 e. The molecule has 0 spiro atoms. The number of carbonyl (C=O) groups is 2. The molecular formula is C29H38N2O4. The van der Waals surface area contributed by atoms with Crippen molar-refractivity contribution in [1.82, 2.24) is 9.80 Å². The Labute approximate surface area is 209 Å². The molecule has 188 valence electrons. The maximum atomic E-state index is 13.3. The molecular weight excluding hydrogens is 440 g/mol. The molecule has 1 saturated heterocycles. The second kappa shape index (κ2) is 11.1. The average molecular weight is 479 g/mol. The zero-order valence-electron chi connectivity index (χ0n) is 22.0. The molecule has 0 saturated carbocycles. The third kappa shape index (κ3) is 5.59. The van der Waals surface area contributed by atoms with E-state index in [1.165, 1.54) is 5.56 Å². The lowest BCUT2D eigenvalue weighted by Crippen LogP contribution is -2.35. The molecule has 1 unspecified atom stereocenters. The van der Waals surface area contributed by atoms with Crippen molar-refractivity contribution in [1.29, 1.82) is 0 Å². The van der Waals surface area contributed by atoms with E-state index in [1.54, 1.807) is 11.0 Å². The predicted molar refractivity (Wildman–Crippen MR) is 140 cm³/mol. The van der Waals surface area contributed by atoms with Crippen LogP contribution in [0.15, 0.2) is 48.0 Å². The number of ether oxygens (including phenoxy) is 1. The predicted octanol–water partition coefficient (Wildman–Crippen LogP) is 5.32. The van der Waals surface area contributed by atoms with Gasteiger partial charge in [0.2, 0.25) is 0 Å². The number of ketones is 1. The first-order valence-corrected chi connectivity index (χ1v) is 12.4. The normalized spacial score (nSPS) is 17.8. The van der Waals surface area contributed by atoms with Gasteiger partial charge >= 0.3 is 0 Å². The summed E-state index contributed by atoms with van der Waals surface area (Å²) in [7, 11) is 3.85. The lowest BCUT2D eigenvalue weighted by Gasteiger charge is -2.27. The van der Waals surface area contributed by atoms with E-state index in [2.05, 4.69) is 27.7 Å². The number of aliphatic hydroxyl groups is 1. The molecule has 0 radical (unpaired) electrons. The molecule has 0 aromatic heterocycles. The molecule has 1 heterocycles. The van der Waals surface area contributed by atoms with E-state index >= 15 is 0 Å². The van der Waals surface area contributed by atoms with Crippen LogP contribution in [-0.2, 0) is 9.59 Å². The maximum absolute atomic E-state index is 13.3. The van der Waals surface area contributed by atoms with Crippen LogP contribution in [-0.4, -0.2) is 60.4 Å². The fourth-order valence-corrected chi connectivity index (χ4v) is 4.42.